The Morgan fingerprint density at radius 3 is 3.00 bits per heavy atom. The van der Waals surface area contributed by atoms with Crippen molar-refractivity contribution < 1.29 is 9.63 Å². The van der Waals surface area contributed by atoms with Crippen LogP contribution in [0.1, 0.15) is 55.8 Å². The van der Waals surface area contributed by atoms with Gasteiger partial charge in [0.1, 0.15) is 0 Å². The number of fused-ring (bicyclic) bond motifs is 2. The molecule has 2 atom stereocenters. The van der Waals surface area contributed by atoms with Gasteiger partial charge in [0, 0.05) is 30.0 Å². The molecule has 1 aromatic carbocycles. The monoisotopic (exact) mass is 355 g/mol. The minimum atomic E-state index is -0.175. The molecule has 1 amide bonds. The zero-order chi connectivity index (χ0) is 18.3. The van der Waals surface area contributed by atoms with E-state index in [2.05, 4.69) is 47.0 Å². The van der Waals surface area contributed by atoms with E-state index >= 15 is 0 Å². The Hall–Kier alpha value is -1.85. The van der Waals surface area contributed by atoms with Crippen LogP contribution >= 0.6 is 0 Å². The molecule has 2 aliphatic rings. The second-order valence-corrected chi connectivity index (χ2v) is 7.72. The lowest BCUT2D eigenvalue weighted by Crippen LogP contribution is -2.47. The topological polar surface area (TPSA) is 46.5 Å². The van der Waals surface area contributed by atoms with Crippen molar-refractivity contribution in [3.8, 4) is 0 Å². The molecule has 0 saturated carbocycles. The lowest BCUT2D eigenvalue weighted by atomic mass is 9.74. The van der Waals surface area contributed by atoms with Crippen molar-refractivity contribution in [3.63, 3.8) is 0 Å². The first-order chi connectivity index (χ1) is 12.6. The molecular formula is C21H29N3O2. The fraction of sp³-hybridized carbons (Fsp3) is 0.571. The number of benzene rings is 1. The Labute approximate surface area is 155 Å². The summed E-state index contributed by atoms with van der Waals surface area (Å²) < 4.78 is 2.20. The van der Waals surface area contributed by atoms with Gasteiger partial charge in [0.25, 0.3) is 0 Å². The number of likely N-dealkylation sites (tertiary alicyclic amines) is 1. The minimum Gasteiger partial charge on any atom is -0.319 e. The maximum Gasteiger partial charge on any atom is 0.240 e. The number of hydrogen-bond donors (Lipinski definition) is 1. The van der Waals surface area contributed by atoms with Gasteiger partial charge in [0.05, 0.1) is 5.52 Å². The van der Waals surface area contributed by atoms with Crippen molar-refractivity contribution in [2.45, 2.75) is 65.1 Å². The number of rotatable bonds is 5. The Balaban J connectivity index is 1.75. The second-order valence-electron chi connectivity index (χ2n) is 7.72. The van der Waals surface area contributed by atoms with Gasteiger partial charge in [0.15, 0.2) is 6.73 Å². The average Bonchev–Trinajstić information content (AvgIpc) is 2.89. The molecule has 1 fully saturated rings. The Morgan fingerprint density at radius 2 is 2.23 bits per heavy atom. The number of aromatic nitrogens is 1. The molecule has 4 rings (SSSR count). The van der Waals surface area contributed by atoms with Gasteiger partial charge in [0.2, 0.25) is 5.91 Å². The number of nitrogens with zero attached hydrogens (tertiary/aromatic N) is 2. The summed E-state index contributed by atoms with van der Waals surface area (Å²) in [6.45, 7) is 8.69. The van der Waals surface area contributed by atoms with Gasteiger partial charge < -0.3 is 4.57 Å². The zero-order valence-corrected chi connectivity index (χ0v) is 16.0. The van der Waals surface area contributed by atoms with E-state index in [0.29, 0.717) is 18.7 Å². The molecule has 1 N–H and O–H groups in total. The molecule has 0 spiro atoms. The van der Waals surface area contributed by atoms with Crippen LogP contribution < -0.4 is 5.48 Å². The summed E-state index contributed by atoms with van der Waals surface area (Å²) in [5.74, 6) is 0.462. The summed E-state index contributed by atoms with van der Waals surface area (Å²) in [6, 6.07) is 7.31. The quantitative estimate of drug-likeness (QED) is 0.835. The predicted octanol–water partition coefficient (Wildman–Crippen LogP) is 3.49. The van der Waals surface area contributed by atoms with Gasteiger partial charge in [-0.25, -0.2) is 5.48 Å². The van der Waals surface area contributed by atoms with E-state index in [1.807, 2.05) is 0 Å². The van der Waals surface area contributed by atoms with Crippen molar-refractivity contribution in [2.75, 3.05) is 13.1 Å². The van der Waals surface area contributed by atoms with Gasteiger partial charge >= 0.3 is 0 Å². The molecule has 1 aliphatic carbocycles. The number of hydrogen-bond acceptors (Lipinski definition) is 3. The molecule has 0 bridgehead atoms. The molecule has 5 heteroatoms. The van der Waals surface area contributed by atoms with E-state index in [1.54, 1.807) is 0 Å². The molecule has 1 aliphatic heterocycles. The highest BCUT2D eigenvalue weighted by molar-refractivity contribution is 5.90. The van der Waals surface area contributed by atoms with E-state index in [9.17, 15) is 4.79 Å². The smallest absolute Gasteiger partial charge is 0.240 e. The standard InChI is InChI=1S/C21H29N3O2/c1-4-10-23-11-6-8-16-17-7-5-9-19-21(17)18(12-20(16)23)14(2)24(19)13-26-22-15(3)25/h5,7,9,16,20H,4,6,8,10-13H2,1-3H3,(H,22,25)/t16-,20-/m1/s1. The number of amides is 1. The lowest BCUT2D eigenvalue weighted by molar-refractivity contribution is -0.134. The highest BCUT2D eigenvalue weighted by atomic mass is 16.7. The SMILES string of the molecule is CCCN1CCC[C@@H]2c3cccc4c3c(c(C)n4CONC(C)=O)C[C@H]21. The van der Waals surface area contributed by atoms with Gasteiger partial charge in [-0.05, 0) is 62.9 Å². The maximum absolute atomic E-state index is 11.1. The fourth-order valence-electron chi connectivity index (χ4n) is 5.09. The lowest BCUT2D eigenvalue weighted by Gasteiger charge is -2.44. The van der Waals surface area contributed by atoms with Crippen LogP contribution in [0.5, 0.6) is 0 Å². The molecule has 0 radical (unpaired) electrons. The number of hydroxylamine groups is 1. The molecule has 1 saturated heterocycles. The zero-order valence-electron chi connectivity index (χ0n) is 16.0. The van der Waals surface area contributed by atoms with Crippen molar-refractivity contribution in [3.05, 3.63) is 35.0 Å². The molecule has 26 heavy (non-hydrogen) atoms. The fourth-order valence-corrected chi connectivity index (χ4v) is 5.09. The highest BCUT2D eigenvalue weighted by Gasteiger charge is 2.38. The van der Waals surface area contributed by atoms with Crippen LogP contribution in [0.3, 0.4) is 0 Å². The highest BCUT2D eigenvalue weighted by Crippen LogP contribution is 2.45. The van der Waals surface area contributed by atoms with E-state index < -0.39 is 0 Å². The Bertz CT molecular complexity index is 824. The van der Waals surface area contributed by atoms with Crippen LogP contribution in [0.15, 0.2) is 18.2 Å². The third-order valence-electron chi connectivity index (χ3n) is 6.14. The van der Waals surface area contributed by atoms with Gasteiger partial charge in [-0.2, -0.15) is 0 Å². The van der Waals surface area contributed by atoms with Gasteiger partial charge in [-0.3, -0.25) is 14.5 Å². The third kappa shape index (κ3) is 2.83. The normalized spacial score (nSPS) is 22.4. The third-order valence-corrected chi connectivity index (χ3v) is 6.14. The summed E-state index contributed by atoms with van der Waals surface area (Å²) >= 11 is 0. The van der Waals surface area contributed by atoms with E-state index in [-0.39, 0.29) is 5.91 Å². The van der Waals surface area contributed by atoms with Crippen LogP contribution in [0, 0.1) is 6.92 Å². The van der Waals surface area contributed by atoms with Crippen LogP contribution in [0.25, 0.3) is 10.9 Å². The van der Waals surface area contributed by atoms with E-state index in [0.717, 1.165) is 6.42 Å². The minimum absolute atomic E-state index is 0.175. The van der Waals surface area contributed by atoms with E-state index in [4.69, 9.17) is 4.84 Å². The molecular weight excluding hydrogens is 326 g/mol. The van der Waals surface area contributed by atoms with Crippen LogP contribution in [-0.4, -0.2) is 34.5 Å². The number of carbonyl (C=O) groups is 1. The molecule has 0 unspecified atom stereocenters. The Morgan fingerprint density at radius 1 is 1.38 bits per heavy atom. The average molecular weight is 355 g/mol. The van der Waals surface area contributed by atoms with Crippen molar-refractivity contribution in [1.82, 2.24) is 14.9 Å². The summed E-state index contributed by atoms with van der Waals surface area (Å²) in [7, 11) is 0. The van der Waals surface area contributed by atoms with Crippen molar-refractivity contribution in [1.29, 1.82) is 0 Å². The predicted molar refractivity (Wildman–Crippen MR) is 103 cm³/mol. The van der Waals surface area contributed by atoms with Crippen LogP contribution in [0.4, 0.5) is 0 Å². The molecule has 140 valence electrons. The summed E-state index contributed by atoms with van der Waals surface area (Å²) in [4.78, 5) is 19.3. The van der Waals surface area contributed by atoms with Gasteiger partial charge in [-0.1, -0.05) is 19.1 Å². The summed E-state index contributed by atoms with van der Waals surface area (Å²) in [5, 5.41) is 1.43. The summed E-state index contributed by atoms with van der Waals surface area (Å²) in [5.41, 5.74) is 7.91. The molecule has 1 aromatic heterocycles. The van der Waals surface area contributed by atoms with Crippen molar-refractivity contribution in [2.24, 2.45) is 0 Å². The molecule has 2 heterocycles. The summed E-state index contributed by atoms with van der Waals surface area (Å²) in [6.07, 6.45) is 4.91. The first kappa shape index (κ1) is 17.6. The second kappa shape index (κ2) is 7.05. The maximum atomic E-state index is 11.1. The molecule has 2 aromatic rings. The Kier molecular flexibility index (Phi) is 4.76. The number of carbonyl (C=O) groups excluding carboxylic acids is 1. The largest absolute Gasteiger partial charge is 0.319 e. The van der Waals surface area contributed by atoms with Crippen LogP contribution in [0.2, 0.25) is 0 Å². The van der Waals surface area contributed by atoms with Gasteiger partial charge in [-0.15, -0.1) is 0 Å². The van der Waals surface area contributed by atoms with E-state index in [1.165, 1.54) is 67.0 Å². The first-order valence-corrected chi connectivity index (χ1v) is 9.84. The first-order valence-electron chi connectivity index (χ1n) is 9.84. The number of nitrogens with one attached hydrogen (secondary N) is 1. The van der Waals surface area contributed by atoms with Crippen LogP contribution in [-0.2, 0) is 22.8 Å². The number of piperidine rings is 1. The van der Waals surface area contributed by atoms with Crippen molar-refractivity contribution >= 4 is 16.8 Å². The molecule has 5 nitrogen and oxygen atoms in total.